The molecule has 1 aliphatic rings. The third-order valence-electron chi connectivity index (χ3n) is 3.96. The molecule has 0 amide bonds. The zero-order valence-corrected chi connectivity index (χ0v) is 12.2. The van der Waals surface area contributed by atoms with E-state index >= 15 is 0 Å². The fraction of sp³-hybridized carbons (Fsp3) is 0.923. The van der Waals surface area contributed by atoms with Gasteiger partial charge in [0.15, 0.2) is 0 Å². The van der Waals surface area contributed by atoms with Crippen LogP contribution in [0.4, 0.5) is 0 Å². The molecule has 4 nitrogen and oxygen atoms in total. The minimum absolute atomic E-state index is 0.0110. The Morgan fingerprint density at radius 2 is 2.06 bits per heavy atom. The van der Waals surface area contributed by atoms with Crippen molar-refractivity contribution in [2.75, 3.05) is 12.8 Å². The van der Waals surface area contributed by atoms with E-state index in [1.165, 1.54) is 6.26 Å². The molecule has 0 heterocycles. The molecule has 5 heteroatoms. The van der Waals surface area contributed by atoms with Gasteiger partial charge in [0.2, 0.25) is 0 Å². The van der Waals surface area contributed by atoms with Gasteiger partial charge in [0, 0.05) is 18.1 Å². The fourth-order valence-electron chi connectivity index (χ4n) is 2.76. The monoisotopic (exact) mass is 275 g/mol. The van der Waals surface area contributed by atoms with Crippen molar-refractivity contribution in [1.82, 2.24) is 0 Å². The van der Waals surface area contributed by atoms with Crippen LogP contribution in [0.3, 0.4) is 0 Å². The minimum Gasteiger partial charge on any atom is -0.330 e. The average molecular weight is 275 g/mol. The van der Waals surface area contributed by atoms with E-state index in [4.69, 9.17) is 5.73 Å². The topological polar surface area (TPSA) is 77.2 Å². The van der Waals surface area contributed by atoms with Crippen molar-refractivity contribution in [3.05, 3.63) is 0 Å². The lowest BCUT2D eigenvalue weighted by Gasteiger charge is -2.28. The summed E-state index contributed by atoms with van der Waals surface area (Å²) < 4.78 is 23.1. The molecule has 0 spiro atoms. The maximum atomic E-state index is 12.2. The molecule has 0 radical (unpaired) electrons. The van der Waals surface area contributed by atoms with Gasteiger partial charge in [-0.05, 0) is 38.6 Å². The molecule has 1 fully saturated rings. The van der Waals surface area contributed by atoms with Gasteiger partial charge in [-0.15, -0.1) is 0 Å². The molecule has 1 rings (SSSR count). The van der Waals surface area contributed by atoms with Gasteiger partial charge in [0.25, 0.3) is 0 Å². The van der Waals surface area contributed by atoms with E-state index < -0.39 is 9.84 Å². The first-order valence-corrected chi connectivity index (χ1v) is 8.74. The van der Waals surface area contributed by atoms with E-state index in [1.807, 2.05) is 6.92 Å². The van der Waals surface area contributed by atoms with Crippen molar-refractivity contribution < 1.29 is 13.2 Å². The number of ketones is 1. The van der Waals surface area contributed by atoms with Crippen LogP contribution >= 0.6 is 0 Å². The van der Waals surface area contributed by atoms with E-state index in [2.05, 4.69) is 0 Å². The normalized spacial score (nSPS) is 26.8. The predicted octanol–water partition coefficient (Wildman–Crippen LogP) is 1.53. The van der Waals surface area contributed by atoms with Crippen LogP contribution in [0, 0.1) is 11.8 Å². The first kappa shape index (κ1) is 15.6. The largest absolute Gasteiger partial charge is 0.330 e. The zero-order chi connectivity index (χ0) is 13.8. The van der Waals surface area contributed by atoms with Gasteiger partial charge in [0.05, 0.1) is 5.25 Å². The second-order valence-corrected chi connectivity index (χ2v) is 7.88. The Morgan fingerprint density at radius 3 is 2.61 bits per heavy atom. The summed E-state index contributed by atoms with van der Waals surface area (Å²) in [5.74, 6) is 0.180. The van der Waals surface area contributed by atoms with Crippen molar-refractivity contribution in [2.45, 2.75) is 50.7 Å². The molecular formula is C13H25NO3S. The first-order valence-electron chi connectivity index (χ1n) is 6.79. The molecule has 0 saturated heterocycles. The molecular weight excluding hydrogens is 250 g/mol. The lowest BCUT2D eigenvalue weighted by atomic mass is 9.81. The highest BCUT2D eigenvalue weighted by Gasteiger charge is 2.33. The average Bonchev–Trinajstić information content (AvgIpc) is 2.34. The van der Waals surface area contributed by atoms with Crippen molar-refractivity contribution in [3.8, 4) is 0 Å². The van der Waals surface area contributed by atoms with Gasteiger partial charge in [-0.25, -0.2) is 8.42 Å². The van der Waals surface area contributed by atoms with Crippen LogP contribution in [0.5, 0.6) is 0 Å². The standard InChI is InChI=1S/C13H25NO3S/c1-10(5-4-8-14)13(15)11-6-3-7-12(9-11)18(2,16)17/h10-12H,3-9,14H2,1-2H3. The minimum atomic E-state index is -3.01. The summed E-state index contributed by atoms with van der Waals surface area (Å²) in [6.07, 6.45) is 5.87. The van der Waals surface area contributed by atoms with Gasteiger partial charge < -0.3 is 5.73 Å². The number of sulfone groups is 1. The number of hydrogen-bond donors (Lipinski definition) is 1. The molecule has 1 saturated carbocycles. The highest BCUT2D eigenvalue weighted by molar-refractivity contribution is 7.91. The maximum absolute atomic E-state index is 12.2. The van der Waals surface area contributed by atoms with Crippen LogP contribution < -0.4 is 5.73 Å². The predicted molar refractivity (Wildman–Crippen MR) is 73.0 cm³/mol. The van der Waals surface area contributed by atoms with Crippen molar-refractivity contribution in [1.29, 1.82) is 0 Å². The quantitative estimate of drug-likeness (QED) is 0.797. The third kappa shape index (κ3) is 4.35. The van der Waals surface area contributed by atoms with E-state index in [9.17, 15) is 13.2 Å². The summed E-state index contributed by atoms with van der Waals surface area (Å²) >= 11 is 0. The summed E-state index contributed by atoms with van der Waals surface area (Å²) in [6.45, 7) is 2.54. The van der Waals surface area contributed by atoms with Gasteiger partial charge in [0.1, 0.15) is 15.6 Å². The Kier molecular flexibility index (Phi) is 5.79. The fourth-order valence-corrected chi connectivity index (χ4v) is 3.94. The summed E-state index contributed by atoms with van der Waals surface area (Å²) in [5, 5.41) is -0.318. The Balaban J connectivity index is 2.58. The molecule has 3 atom stereocenters. The molecule has 0 aliphatic heterocycles. The highest BCUT2D eigenvalue weighted by Crippen LogP contribution is 2.31. The lowest BCUT2D eigenvalue weighted by Crippen LogP contribution is -2.33. The van der Waals surface area contributed by atoms with E-state index in [-0.39, 0.29) is 22.9 Å². The van der Waals surface area contributed by atoms with Crippen LogP contribution in [-0.4, -0.2) is 32.3 Å². The summed E-state index contributed by atoms with van der Waals surface area (Å²) in [4.78, 5) is 12.2. The number of rotatable bonds is 6. The van der Waals surface area contributed by atoms with Crippen LogP contribution in [0.15, 0.2) is 0 Å². The Bertz CT molecular complexity index is 378. The third-order valence-corrected chi connectivity index (χ3v) is 5.60. The number of carbonyl (C=O) groups is 1. The molecule has 3 unspecified atom stereocenters. The van der Waals surface area contributed by atoms with Crippen molar-refractivity contribution in [2.24, 2.45) is 17.6 Å². The zero-order valence-electron chi connectivity index (χ0n) is 11.4. The second-order valence-electron chi connectivity index (χ2n) is 5.55. The van der Waals surface area contributed by atoms with Crippen LogP contribution in [0.25, 0.3) is 0 Å². The summed E-state index contributed by atoms with van der Waals surface area (Å²) in [5.41, 5.74) is 5.44. The van der Waals surface area contributed by atoms with Crippen molar-refractivity contribution in [3.63, 3.8) is 0 Å². The first-order chi connectivity index (χ1) is 8.36. The van der Waals surface area contributed by atoms with Crippen LogP contribution in [0.2, 0.25) is 0 Å². The van der Waals surface area contributed by atoms with Gasteiger partial charge >= 0.3 is 0 Å². The number of carbonyl (C=O) groups excluding carboxylic acids is 1. The molecule has 0 aromatic rings. The molecule has 0 bridgehead atoms. The molecule has 18 heavy (non-hydrogen) atoms. The number of Topliss-reactive ketones (excluding diaryl/α,β-unsaturated/α-hetero) is 1. The molecule has 1 aliphatic carbocycles. The van der Waals surface area contributed by atoms with Crippen molar-refractivity contribution >= 4 is 15.6 Å². The SMILES string of the molecule is CC(CCCN)C(=O)C1CCCC(S(C)(=O)=O)C1. The molecule has 2 N–H and O–H groups in total. The van der Waals surface area contributed by atoms with Crippen LogP contribution in [0.1, 0.15) is 45.4 Å². The Morgan fingerprint density at radius 1 is 1.39 bits per heavy atom. The van der Waals surface area contributed by atoms with E-state index in [1.54, 1.807) is 0 Å². The summed E-state index contributed by atoms with van der Waals surface area (Å²) in [7, 11) is -3.01. The van der Waals surface area contributed by atoms with Gasteiger partial charge in [-0.2, -0.15) is 0 Å². The van der Waals surface area contributed by atoms with Gasteiger partial charge in [-0.3, -0.25) is 4.79 Å². The number of hydrogen-bond acceptors (Lipinski definition) is 4. The molecule has 106 valence electrons. The molecule has 0 aromatic heterocycles. The lowest BCUT2D eigenvalue weighted by molar-refractivity contribution is -0.127. The van der Waals surface area contributed by atoms with Gasteiger partial charge in [-0.1, -0.05) is 13.3 Å². The second kappa shape index (κ2) is 6.66. The Hall–Kier alpha value is -0.420. The van der Waals surface area contributed by atoms with E-state index in [0.717, 1.165) is 25.7 Å². The maximum Gasteiger partial charge on any atom is 0.150 e. The van der Waals surface area contributed by atoms with E-state index in [0.29, 0.717) is 19.4 Å². The molecule has 0 aromatic carbocycles. The summed E-state index contributed by atoms with van der Waals surface area (Å²) in [6, 6.07) is 0. The highest BCUT2D eigenvalue weighted by atomic mass is 32.2. The smallest absolute Gasteiger partial charge is 0.150 e. The number of nitrogens with two attached hydrogens (primary N) is 1. The van der Waals surface area contributed by atoms with Crippen LogP contribution in [-0.2, 0) is 14.6 Å². The Labute approximate surface area is 110 Å².